The minimum atomic E-state index is -0.0168. The average molecular weight is 403 g/mol. The van der Waals surface area contributed by atoms with Gasteiger partial charge in [0.25, 0.3) is 0 Å². The predicted molar refractivity (Wildman–Crippen MR) is 120 cm³/mol. The van der Waals surface area contributed by atoms with Crippen LogP contribution >= 0.6 is 11.8 Å². The number of hydrogen-bond acceptors (Lipinski definition) is 4. The number of fused-ring (bicyclic) bond motifs is 2. The first-order valence-corrected chi connectivity index (χ1v) is 10.7. The van der Waals surface area contributed by atoms with Crippen LogP contribution in [0.4, 0.5) is 5.69 Å². The van der Waals surface area contributed by atoms with Crippen molar-refractivity contribution in [2.75, 3.05) is 24.7 Å². The van der Waals surface area contributed by atoms with E-state index in [2.05, 4.69) is 65.4 Å². The second-order valence-corrected chi connectivity index (χ2v) is 8.57. The molecule has 0 saturated carbocycles. The Hall–Kier alpha value is -2.99. The standard InChI is InChI=1S/C23H22N4OS/c1-26(2)20-12-11-17(15-7-3-4-8-16(15)20)23-27(22(28)14-29-23)13-21-24-18-9-5-6-10-19(18)25-21/h3-12,23H,13-14H2,1-2H3,(H,24,25). The Kier molecular flexibility index (Phi) is 4.43. The Morgan fingerprint density at radius 1 is 1.07 bits per heavy atom. The summed E-state index contributed by atoms with van der Waals surface area (Å²) in [6.45, 7) is 0.481. The van der Waals surface area contributed by atoms with Gasteiger partial charge in [0.05, 0.1) is 23.3 Å². The third-order valence-electron chi connectivity index (χ3n) is 5.41. The van der Waals surface area contributed by atoms with Gasteiger partial charge in [-0.2, -0.15) is 0 Å². The quantitative estimate of drug-likeness (QED) is 0.544. The molecule has 0 spiro atoms. The molecule has 2 heterocycles. The molecule has 0 radical (unpaired) electrons. The van der Waals surface area contributed by atoms with Crippen LogP contribution in [0.2, 0.25) is 0 Å². The zero-order chi connectivity index (χ0) is 20.0. The summed E-state index contributed by atoms with van der Waals surface area (Å²) in [6, 6.07) is 20.7. The van der Waals surface area contributed by atoms with Crippen LogP contribution in [0.5, 0.6) is 0 Å². The van der Waals surface area contributed by atoms with E-state index in [1.165, 1.54) is 22.0 Å². The SMILES string of the molecule is CN(C)c1ccc(C2SCC(=O)N2Cc2nc3ccccc3[nH]2)c2ccccc12. The molecule has 5 rings (SSSR count). The molecule has 146 valence electrons. The first-order valence-electron chi connectivity index (χ1n) is 9.65. The summed E-state index contributed by atoms with van der Waals surface area (Å²) in [5.74, 6) is 1.47. The molecule has 1 N–H and O–H groups in total. The van der Waals surface area contributed by atoms with Gasteiger partial charge in [-0.25, -0.2) is 4.98 Å². The van der Waals surface area contributed by atoms with Crippen molar-refractivity contribution in [2.24, 2.45) is 0 Å². The molecule has 6 heteroatoms. The van der Waals surface area contributed by atoms with E-state index in [0.717, 1.165) is 16.9 Å². The molecule has 3 aromatic carbocycles. The lowest BCUT2D eigenvalue weighted by atomic mass is 10.0. The molecule has 1 aromatic heterocycles. The average Bonchev–Trinajstić information content (AvgIpc) is 3.30. The zero-order valence-electron chi connectivity index (χ0n) is 16.4. The van der Waals surface area contributed by atoms with E-state index in [-0.39, 0.29) is 11.3 Å². The number of nitrogens with one attached hydrogen (secondary N) is 1. The van der Waals surface area contributed by atoms with Crippen molar-refractivity contribution < 1.29 is 4.79 Å². The van der Waals surface area contributed by atoms with Crippen LogP contribution in [0.1, 0.15) is 16.8 Å². The van der Waals surface area contributed by atoms with Crippen LogP contribution in [-0.4, -0.2) is 40.6 Å². The van der Waals surface area contributed by atoms with E-state index in [1.54, 1.807) is 11.8 Å². The Bertz CT molecular complexity index is 1180. The minimum absolute atomic E-state index is 0.0168. The highest BCUT2D eigenvalue weighted by Gasteiger charge is 2.34. The number of aromatic amines is 1. The van der Waals surface area contributed by atoms with Gasteiger partial charge in [0.2, 0.25) is 5.91 Å². The first-order chi connectivity index (χ1) is 14.1. The molecule has 1 fully saturated rings. The number of carbonyl (C=O) groups excluding carboxylic acids is 1. The Morgan fingerprint density at radius 2 is 1.83 bits per heavy atom. The third-order valence-corrected chi connectivity index (χ3v) is 6.65. The zero-order valence-corrected chi connectivity index (χ0v) is 17.2. The summed E-state index contributed by atoms with van der Waals surface area (Å²) >= 11 is 1.69. The monoisotopic (exact) mass is 402 g/mol. The lowest BCUT2D eigenvalue weighted by molar-refractivity contribution is -0.128. The molecule has 1 aliphatic heterocycles. The summed E-state index contributed by atoms with van der Waals surface area (Å²) in [5, 5.41) is 2.39. The molecule has 0 bridgehead atoms. The fourth-order valence-electron chi connectivity index (χ4n) is 4.04. The van der Waals surface area contributed by atoms with Gasteiger partial charge in [-0.05, 0) is 29.1 Å². The number of hydrogen-bond donors (Lipinski definition) is 1. The lowest BCUT2D eigenvalue weighted by Gasteiger charge is -2.26. The van der Waals surface area contributed by atoms with Crippen molar-refractivity contribution in [3.05, 3.63) is 72.1 Å². The Labute approximate surface area is 173 Å². The molecule has 4 aromatic rings. The van der Waals surface area contributed by atoms with Gasteiger partial charge >= 0.3 is 0 Å². The van der Waals surface area contributed by atoms with Crippen molar-refractivity contribution >= 4 is 45.2 Å². The number of imidazole rings is 1. The highest BCUT2D eigenvalue weighted by atomic mass is 32.2. The summed E-state index contributed by atoms with van der Waals surface area (Å²) in [6.07, 6.45) is 0. The van der Waals surface area contributed by atoms with Crippen LogP contribution in [0, 0.1) is 0 Å². The number of thioether (sulfide) groups is 1. The first kappa shape index (κ1) is 18.1. The van der Waals surface area contributed by atoms with E-state index in [4.69, 9.17) is 0 Å². The van der Waals surface area contributed by atoms with E-state index >= 15 is 0 Å². The highest BCUT2D eigenvalue weighted by Crippen LogP contribution is 2.43. The van der Waals surface area contributed by atoms with Crippen LogP contribution in [0.15, 0.2) is 60.7 Å². The largest absolute Gasteiger partial charge is 0.377 e. The van der Waals surface area contributed by atoms with Crippen molar-refractivity contribution in [3.63, 3.8) is 0 Å². The van der Waals surface area contributed by atoms with Gasteiger partial charge in [0.1, 0.15) is 11.2 Å². The molecule has 0 aliphatic carbocycles. The Morgan fingerprint density at radius 3 is 2.62 bits per heavy atom. The van der Waals surface area contributed by atoms with Crippen molar-refractivity contribution in [1.82, 2.24) is 14.9 Å². The van der Waals surface area contributed by atoms with E-state index in [0.29, 0.717) is 12.3 Å². The fourth-order valence-corrected chi connectivity index (χ4v) is 5.26. The van der Waals surface area contributed by atoms with Crippen molar-refractivity contribution in [2.45, 2.75) is 11.9 Å². The molecule has 29 heavy (non-hydrogen) atoms. The van der Waals surface area contributed by atoms with Gasteiger partial charge in [-0.3, -0.25) is 4.79 Å². The maximum absolute atomic E-state index is 12.7. The van der Waals surface area contributed by atoms with Gasteiger partial charge < -0.3 is 14.8 Å². The second kappa shape index (κ2) is 7.12. The number of nitrogens with zero attached hydrogens (tertiary/aromatic N) is 3. The number of para-hydroxylation sites is 2. The molecule has 5 nitrogen and oxygen atoms in total. The van der Waals surface area contributed by atoms with Gasteiger partial charge in [0, 0.05) is 25.2 Å². The molecular weight excluding hydrogens is 380 g/mol. The van der Waals surface area contributed by atoms with Gasteiger partial charge in [0.15, 0.2) is 0 Å². The lowest BCUT2D eigenvalue weighted by Crippen LogP contribution is -2.28. The molecular formula is C23H22N4OS. The van der Waals surface area contributed by atoms with Crippen LogP contribution in [0.3, 0.4) is 0 Å². The summed E-state index contributed by atoms with van der Waals surface area (Å²) in [5.41, 5.74) is 4.29. The molecule has 1 aliphatic rings. The van der Waals surface area contributed by atoms with Gasteiger partial charge in [-0.1, -0.05) is 42.5 Å². The van der Waals surface area contributed by atoms with E-state index in [1.807, 2.05) is 29.2 Å². The summed E-state index contributed by atoms with van der Waals surface area (Å²) < 4.78 is 0. The minimum Gasteiger partial charge on any atom is -0.377 e. The fraction of sp³-hybridized carbons (Fsp3) is 0.217. The number of aromatic nitrogens is 2. The highest BCUT2D eigenvalue weighted by molar-refractivity contribution is 8.00. The van der Waals surface area contributed by atoms with E-state index in [9.17, 15) is 4.79 Å². The van der Waals surface area contributed by atoms with Crippen LogP contribution < -0.4 is 4.90 Å². The number of carbonyl (C=O) groups is 1. The number of benzene rings is 3. The van der Waals surface area contributed by atoms with Crippen molar-refractivity contribution in [1.29, 1.82) is 0 Å². The molecule has 1 amide bonds. The summed E-state index contributed by atoms with van der Waals surface area (Å²) in [4.78, 5) is 24.8. The maximum Gasteiger partial charge on any atom is 0.234 e. The topological polar surface area (TPSA) is 52.2 Å². The van der Waals surface area contributed by atoms with Crippen molar-refractivity contribution in [3.8, 4) is 0 Å². The van der Waals surface area contributed by atoms with Crippen LogP contribution in [-0.2, 0) is 11.3 Å². The second-order valence-electron chi connectivity index (χ2n) is 7.50. The normalized spacial score (nSPS) is 16.8. The summed E-state index contributed by atoms with van der Waals surface area (Å²) in [7, 11) is 4.12. The third kappa shape index (κ3) is 3.13. The molecule has 1 saturated heterocycles. The number of rotatable bonds is 4. The number of anilines is 1. The van der Waals surface area contributed by atoms with Gasteiger partial charge in [-0.15, -0.1) is 11.8 Å². The van der Waals surface area contributed by atoms with Crippen LogP contribution in [0.25, 0.3) is 21.8 Å². The number of H-pyrrole nitrogens is 1. The predicted octanol–water partition coefficient (Wildman–Crippen LogP) is 4.56. The molecule has 1 atom stereocenters. The number of amides is 1. The smallest absolute Gasteiger partial charge is 0.234 e. The Balaban J connectivity index is 1.55. The molecule has 1 unspecified atom stereocenters. The van der Waals surface area contributed by atoms with E-state index < -0.39 is 0 Å². The maximum atomic E-state index is 12.7.